The fourth-order valence-electron chi connectivity index (χ4n) is 2.42. The smallest absolute Gasteiger partial charge is 0.147 e. The third kappa shape index (κ3) is 3.26. The maximum atomic E-state index is 12.6. The van der Waals surface area contributed by atoms with Crippen LogP contribution >= 0.6 is 0 Å². The lowest BCUT2D eigenvalue weighted by atomic mass is 10.3. The summed E-state index contributed by atoms with van der Waals surface area (Å²) in [7, 11) is 0.764. The van der Waals surface area contributed by atoms with Crippen LogP contribution in [-0.2, 0) is 11.0 Å². The van der Waals surface area contributed by atoms with Crippen LogP contribution in [0.25, 0.3) is 0 Å². The van der Waals surface area contributed by atoms with Crippen molar-refractivity contribution in [2.24, 2.45) is 0 Å². The molecule has 1 saturated heterocycles. The van der Waals surface area contributed by atoms with Crippen molar-refractivity contribution in [2.75, 3.05) is 43.4 Å². The summed E-state index contributed by atoms with van der Waals surface area (Å²) in [5.41, 5.74) is 1.02. The molecule has 0 saturated carbocycles. The maximum absolute atomic E-state index is 12.6. The largest absolute Gasteiger partial charge is 0.388 e. The second-order valence-corrected chi connectivity index (χ2v) is 6.49. The maximum Gasteiger partial charge on any atom is 0.147 e. The Morgan fingerprint density at radius 1 is 1.09 bits per heavy atom. The van der Waals surface area contributed by atoms with Gasteiger partial charge in [0.15, 0.2) is 0 Å². The molecule has 3 rings (SSSR count). The molecule has 1 N–H and O–H groups in total. The van der Waals surface area contributed by atoms with Crippen LogP contribution in [-0.4, -0.2) is 51.7 Å². The average molecular weight is 317 g/mol. The van der Waals surface area contributed by atoms with E-state index in [9.17, 15) is 4.21 Å². The molecular formula is C15H19N5OS. The molecule has 1 aliphatic heterocycles. The van der Waals surface area contributed by atoms with Gasteiger partial charge in [0.05, 0.1) is 11.1 Å². The minimum atomic E-state index is -1.11. The van der Waals surface area contributed by atoms with Gasteiger partial charge in [-0.1, -0.05) is 0 Å². The second kappa shape index (κ2) is 6.85. The third-order valence-electron chi connectivity index (χ3n) is 3.69. The fourth-order valence-corrected chi connectivity index (χ4v) is 3.59. The molecular weight excluding hydrogens is 298 g/mol. The monoisotopic (exact) mass is 317 g/mol. The van der Waals surface area contributed by atoms with Gasteiger partial charge in [-0.05, 0) is 24.3 Å². The van der Waals surface area contributed by atoms with Gasteiger partial charge in [-0.3, -0.25) is 4.98 Å². The van der Waals surface area contributed by atoms with Crippen LogP contribution in [0.2, 0.25) is 0 Å². The number of nitrogens with zero attached hydrogens (tertiary/aromatic N) is 4. The Kier molecular flexibility index (Phi) is 4.65. The number of benzene rings is 1. The molecule has 1 fully saturated rings. The first-order chi connectivity index (χ1) is 10.8. The van der Waals surface area contributed by atoms with Crippen LogP contribution in [0, 0.1) is 0 Å². The zero-order valence-electron chi connectivity index (χ0n) is 12.5. The van der Waals surface area contributed by atoms with E-state index in [1.165, 1.54) is 0 Å². The Hall–Kier alpha value is -1.99. The normalized spacial score (nSPS) is 17.2. The SMILES string of the molecule is CNc1ccc(S(=O)N2CCN(c3cnccn3)CC2)cc1. The van der Waals surface area contributed by atoms with E-state index in [1.807, 2.05) is 35.6 Å². The molecule has 0 aliphatic carbocycles. The summed E-state index contributed by atoms with van der Waals surface area (Å²) < 4.78 is 14.6. The van der Waals surface area contributed by atoms with Crippen molar-refractivity contribution in [2.45, 2.75) is 4.90 Å². The Labute approximate surface area is 132 Å². The van der Waals surface area contributed by atoms with Crippen LogP contribution in [0.3, 0.4) is 0 Å². The van der Waals surface area contributed by atoms with Crippen LogP contribution < -0.4 is 10.2 Å². The van der Waals surface area contributed by atoms with Crippen molar-refractivity contribution in [3.05, 3.63) is 42.9 Å². The van der Waals surface area contributed by atoms with Gasteiger partial charge in [0.25, 0.3) is 0 Å². The van der Waals surface area contributed by atoms with E-state index in [1.54, 1.807) is 18.6 Å². The highest BCUT2D eigenvalue weighted by Gasteiger charge is 2.22. The number of aromatic nitrogens is 2. The van der Waals surface area contributed by atoms with Crippen molar-refractivity contribution >= 4 is 22.5 Å². The van der Waals surface area contributed by atoms with Gasteiger partial charge < -0.3 is 10.2 Å². The molecule has 1 aliphatic rings. The zero-order valence-corrected chi connectivity index (χ0v) is 13.3. The highest BCUT2D eigenvalue weighted by molar-refractivity contribution is 7.82. The minimum Gasteiger partial charge on any atom is -0.388 e. The van der Waals surface area contributed by atoms with Crippen molar-refractivity contribution in [1.29, 1.82) is 0 Å². The molecule has 0 spiro atoms. The molecule has 1 aromatic carbocycles. The Morgan fingerprint density at radius 3 is 2.41 bits per heavy atom. The number of nitrogens with one attached hydrogen (secondary N) is 1. The number of rotatable bonds is 4. The van der Waals surface area contributed by atoms with E-state index in [2.05, 4.69) is 20.2 Å². The molecule has 1 unspecified atom stereocenters. The molecule has 2 aromatic rings. The van der Waals surface area contributed by atoms with E-state index in [4.69, 9.17) is 0 Å². The lowest BCUT2D eigenvalue weighted by Crippen LogP contribution is -2.47. The molecule has 0 amide bonds. The molecule has 0 radical (unpaired) electrons. The molecule has 6 nitrogen and oxygen atoms in total. The van der Waals surface area contributed by atoms with Crippen LogP contribution in [0.4, 0.5) is 11.5 Å². The average Bonchev–Trinajstić information content (AvgIpc) is 2.62. The second-order valence-electron chi connectivity index (χ2n) is 5.00. The zero-order chi connectivity index (χ0) is 15.4. The van der Waals surface area contributed by atoms with Crippen LogP contribution in [0.1, 0.15) is 0 Å². The summed E-state index contributed by atoms with van der Waals surface area (Å²) in [6.07, 6.45) is 5.13. The topological polar surface area (TPSA) is 61.4 Å². The number of hydrogen-bond donors (Lipinski definition) is 1. The van der Waals surface area contributed by atoms with Gasteiger partial charge in [0, 0.05) is 51.3 Å². The fraction of sp³-hybridized carbons (Fsp3) is 0.333. The van der Waals surface area contributed by atoms with E-state index in [-0.39, 0.29) is 0 Å². The lowest BCUT2D eigenvalue weighted by molar-refractivity contribution is 0.408. The summed E-state index contributed by atoms with van der Waals surface area (Å²) in [4.78, 5) is 11.4. The van der Waals surface area contributed by atoms with Crippen LogP contribution in [0.5, 0.6) is 0 Å². The molecule has 1 aromatic heterocycles. The van der Waals surface area contributed by atoms with E-state index in [0.717, 1.165) is 42.6 Å². The summed E-state index contributed by atoms with van der Waals surface area (Å²) in [5.74, 6) is 0.881. The van der Waals surface area contributed by atoms with Gasteiger partial charge in [-0.25, -0.2) is 13.5 Å². The Bertz CT molecular complexity index is 626. The van der Waals surface area contributed by atoms with E-state index >= 15 is 0 Å². The molecule has 2 heterocycles. The van der Waals surface area contributed by atoms with Crippen molar-refractivity contribution in [3.63, 3.8) is 0 Å². The summed E-state index contributed by atoms with van der Waals surface area (Å²) in [6.45, 7) is 3.10. The van der Waals surface area contributed by atoms with Gasteiger partial charge in [0.2, 0.25) is 0 Å². The molecule has 1 atom stereocenters. The Morgan fingerprint density at radius 2 is 1.82 bits per heavy atom. The third-order valence-corrected chi connectivity index (χ3v) is 5.20. The quantitative estimate of drug-likeness (QED) is 0.923. The Balaban J connectivity index is 1.62. The molecule has 7 heteroatoms. The number of piperazine rings is 1. The number of hydrogen-bond acceptors (Lipinski definition) is 5. The molecule has 0 bridgehead atoms. The van der Waals surface area contributed by atoms with Gasteiger partial charge in [-0.2, -0.15) is 0 Å². The summed E-state index contributed by atoms with van der Waals surface area (Å²) in [5, 5.41) is 3.06. The first-order valence-corrected chi connectivity index (χ1v) is 8.34. The lowest BCUT2D eigenvalue weighted by Gasteiger charge is -2.34. The van der Waals surface area contributed by atoms with Gasteiger partial charge in [0.1, 0.15) is 16.8 Å². The minimum absolute atomic E-state index is 0.747. The van der Waals surface area contributed by atoms with Crippen LogP contribution in [0.15, 0.2) is 47.8 Å². The summed E-state index contributed by atoms with van der Waals surface area (Å²) in [6, 6.07) is 7.72. The summed E-state index contributed by atoms with van der Waals surface area (Å²) >= 11 is 0. The van der Waals surface area contributed by atoms with Crippen molar-refractivity contribution in [3.8, 4) is 0 Å². The van der Waals surface area contributed by atoms with Gasteiger partial charge in [-0.15, -0.1) is 0 Å². The predicted molar refractivity (Wildman–Crippen MR) is 88.2 cm³/mol. The standard InChI is InChI=1S/C15H19N5OS/c1-16-13-2-4-14(5-3-13)22(21)20-10-8-19(9-11-20)15-12-17-6-7-18-15/h2-7,12,16H,8-11H2,1H3. The van der Waals surface area contributed by atoms with Crippen molar-refractivity contribution in [1.82, 2.24) is 14.3 Å². The van der Waals surface area contributed by atoms with Crippen molar-refractivity contribution < 1.29 is 4.21 Å². The first kappa shape index (κ1) is 14.9. The van der Waals surface area contributed by atoms with Gasteiger partial charge >= 0.3 is 0 Å². The van der Waals surface area contributed by atoms with E-state index in [0.29, 0.717) is 0 Å². The molecule has 116 valence electrons. The first-order valence-electron chi connectivity index (χ1n) is 7.23. The molecule has 22 heavy (non-hydrogen) atoms. The highest BCUT2D eigenvalue weighted by Crippen LogP contribution is 2.18. The van der Waals surface area contributed by atoms with E-state index < -0.39 is 11.0 Å². The highest BCUT2D eigenvalue weighted by atomic mass is 32.2. The number of anilines is 2. The predicted octanol–water partition coefficient (Wildman–Crippen LogP) is 1.36.